The maximum Gasteiger partial charge on any atom is 0.335 e. The first-order valence-electron chi connectivity index (χ1n) is 44.4. The molecular weight excluding hydrogens is 1650 g/mol. The number of aromatic carboxylic acids is 1. The van der Waals surface area contributed by atoms with E-state index in [1.165, 1.54) is 93.5 Å². The van der Waals surface area contributed by atoms with Crippen LogP contribution in [0.4, 0.5) is 0 Å². The minimum absolute atomic E-state index is 0.0141. The molecule has 2 aliphatic rings. The molecule has 18 N–H and O–H groups in total. The van der Waals surface area contributed by atoms with Crippen LogP contribution in [0.1, 0.15) is 232 Å². The van der Waals surface area contributed by atoms with Gasteiger partial charge in [0.2, 0.25) is 82.5 Å². The standard InChI is InChI=1S/C93H132N14O21/c1-52(2)44-72(101-60(10)109)86(122)105-77(59(9)108)88(124)103-73(47-62-28-21-20-22-29-62)87(123)107-93(12)43-26-19-17-15-13-14-16-18-25-42-92(11,90(127)100-58(8)83(119)99-57(7)82(118)98-56(6)81(117)97-55(5)79(115)78(114)54(4)95-50-53(3)80(94)116)106-84(120)65(45-61-30-27-31-61)38-40-74(110)66(48-67-51-96-69-33-24-23-32-68(67)69)49-75(111)71(46-63-34-36-64(37-35-63)89(125)126)102-85(121)70(104-91(93)128)39-41-76(112)113/h14,16,20-24,28-29,32-37,51-59,61,65-66,70-73,77,95-96,108H,13,15,17-19,25-27,30-31,38-50H2,1-12H3,(H2,94,116)(H,97,117)(H,98,118)(H,99,119)(H,100,127)(H,101,109)(H,102,121)(H,103,124)(H,104,128)(H,105,122)(H,106,120)(H,107,123)(H,112,113)(H,125,126)/b16-14+/t53-,54-,55-,56?,57-,58?,59+,65-,66+,70-,71-,72-,73-,77-,92-,93+/m0/s1. The van der Waals surface area contributed by atoms with Crippen molar-refractivity contribution in [3.8, 4) is 0 Å². The number of rotatable bonds is 37. The summed E-state index contributed by atoms with van der Waals surface area (Å²) in [5.74, 6) is -18.2. The fraction of sp³-hybridized carbons (Fsp3) is 0.570. The quantitative estimate of drug-likeness (QED) is 0.0219. The number of ketones is 4. The smallest absolute Gasteiger partial charge is 0.335 e. The molecule has 0 bridgehead atoms. The third-order valence-corrected chi connectivity index (χ3v) is 23.7. The number of hydrogen-bond acceptors (Lipinski definition) is 20. The molecule has 0 spiro atoms. The van der Waals surface area contributed by atoms with Gasteiger partial charge in [-0.1, -0.05) is 132 Å². The van der Waals surface area contributed by atoms with Gasteiger partial charge in [0.25, 0.3) is 0 Å². The SMILES string of the molecule is CC(=O)N[C@@H](CC(C)C)C(=O)N[C@H](C(=O)N[C@@H](Cc1ccccc1)C(=O)N[C@]1(C)CCCCCC/C=C/CCC[C@@](C)(C(=O)NC(C)C(=O)N[C@@H](C)C(=O)NC(C)C(=O)N[C@@H](C)C(=O)C(=O)[C@H](C)NC[C@H](C)C(N)=O)NC(=O)[C@H](CC2CCC2)CCC(=O)[C@H](Cc2c[nH]c3ccccc23)CC(=O)[C@H](Cc2ccc(C(=O)O)cc2)NC(=O)[C@H](CCC(=O)O)NC1=O)[C@@H](C)O. The van der Waals surface area contributed by atoms with Crippen LogP contribution in [0.25, 0.3) is 10.9 Å². The molecule has 35 nitrogen and oxygen atoms in total. The van der Waals surface area contributed by atoms with Crippen LogP contribution in [0, 0.1) is 29.6 Å². The number of fused-ring (bicyclic) bond motifs is 1. The number of carboxylic acids is 2. The summed E-state index contributed by atoms with van der Waals surface area (Å²) in [6, 6.07) is 7.12. The Morgan fingerprint density at radius 3 is 1.75 bits per heavy atom. The van der Waals surface area contributed by atoms with Gasteiger partial charge >= 0.3 is 11.9 Å². The van der Waals surface area contributed by atoms with Crippen LogP contribution in [-0.2, 0) is 101 Å². The lowest BCUT2D eigenvalue weighted by Crippen LogP contribution is -2.65. The Morgan fingerprint density at radius 1 is 0.555 bits per heavy atom. The molecule has 4 aromatic rings. The monoisotopic (exact) mass is 1780 g/mol. The van der Waals surface area contributed by atoms with Crippen molar-refractivity contribution < 1.29 is 102 Å². The first kappa shape index (κ1) is 105. The van der Waals surface area contributed by atoms with Gasteiger partial charge in [-0.15, -0.1) is 0 Å². The minimum Gasteiger partial charge on any atom is -0.481 e. The van der Waals surface area contributed by atoms with E-state index in [2.05, 4.69) is 68.8 Å². The van der Waals surface area contributed by atoms with Gasteiger partial charge in [-0.3, -0.25) is 81.5 Å². The molecule has 6 rings (SSSR count). The summed E-state index contributed by atoms with van der Waals surface area (Å²) in [5, 5.41) is 63.9. The highest BCUT2D eigenvalue weighted by Gasteiger charge is 2.44. The Bertz CT molecular complexity index is 4600. The predicted octanol–water partition coefficient (Wildman–Crippen LogP) is 4.45. The molecule has 128 heavy (non-hydrogen) atoms. The van der Waals surface area contributed by atoms with Gasteiger partial charge in [0.05, 0.1) is 29.8 Å². The van der Waals surface area contributed by atoms with Crippen molar-refractivity contribution in [3.63, 3.8) is 0 Å². The highest BCUT2D eigenvalue weighted by molar-refractivity contribution is 6.41. The lowest BCUT2D eigenvalue weighted by molar-refractivity contribution is -0.140. The molecule has 35 heteroatoms. The molecule has 0 saturated heterocycles. The Morgan fingerprint density at radius 2 is 1.16 bits per heavy atom. The maximum absolute atomic E-state index is 15.6. The third-order valence-electron chi connectivity index (χ3n) is 23.7. The van der Waals surface area contributed by atoms with E-state index in [4.69, 9.17) is 5.73 Å². The number of H-pyrrole nitrogens is 1. The minimum atomic E-state index is -2.00. The normalized spacial score (nSPS) is 21.9. The third kappa shape index (κ3) is 33.4. The summed E-state index contributed by atoms with van der Waals surface area (Å²) in [6.45, 7) is 17.2. The average molecular weight is 1780 g/mol. The number of carbonyl (C=O) groups is 18. The Hall–Kier alpha value is -11.9. The van der Waals surface area contributed by atoms with E-state index in [1.54, 1.807) is 48.7 Å². The van der Waals surface area contributed by atoms with Crippen molar-refractivity contribution in [2.75, 3.05) is 6.54 Å². The number of aromatic amines is 1. The lowest BCUT2D eigenvalue weighted by atomic mass is 9.76. The molecule has 3 aromatic carbocycles. The molecule has 1 saturated carbocycles. The summed E-state index contributed by atoms with van der Waals surface area (Å²) in [4.78, 5) is 254. The summed E-state index contributed by atoms with van der Waals surface area (Å²) in [7, 11) is 0. The fourth-order valence-electron chi connectivity index (χ4n) is 15.3. The second kappa shape index (κ2) is 50.6. The second-order valence-corrected chi connectivity index (χ2v) is 35.3. The van der Waals surface area contributed by atoms with Crippen molar-refractivity contribution in [3.05, 3.63) is 119 Å². The summed E-state index contributed by atoms with van der Waals surface area (Å²) in [6.07, 6.45) is 7.04. The number of para-hydroxylation sites is 1. The Labute approximate surface area is 747 Å². The summed E-state index contributed by atoms with van der Waals surface area (Å²) >= 11 is 0. The number of benzene rings is 3. The second-order valence-electron chi connectivity index (χ2n) is 35.3. The van der Waals surface area contributed by atoms with E-state index in [1.807, 2.05) is 38.1 Å². The highest BCUT2D eigenvalue weighted by Crippen LogP contribution is 2.35. The number of carbonyl (C=O) groups excluding carboxylic acids is 16. The Kier molecular flexibility index (Phi) is 41.5. The number of primary amides is 1. The number of hydrogen-bond donors (Lipinski definition) is 17. The molecule has 1 aliphatic heterocycles. The van der Waals surface area contributed by atoms with Crippen LogP contribution in [0.2, 0.25) is 0 Å². The fourth-order valence-corrected chi connectivity index (χ4v) is 15.3. The number of nitrogens with two attached hydrogens (primary N) is 1. The van der Waals surface area contributed by atoms with Gasteiger partial charge in [0, 0.05) is 74.0 Å². The van der Waals surface area contributed by atoms with Crippen molar-refractivity contribution in [2.24, 2.45) is 35.3 Å². The molecule has 0 radical (unpaired) electrons. The number of Topliss-reactive ketones (excluding diaryl/α,β-unsaturated/α-hetero) is 4. The number of aliphatic carboxylic acids is 1. The summed E-state index contributed by atoms with van der Waals surface area (Å²) in [5.41, 5.74) is 3.65. The molecule has 1 fully saturated rings. The van der Waals surface area contributed by atoms with Crippen LogP contribution in [-0.4, -0.2) is 210 Å². The predicted molar refractivity (Wildman–Crippen MR) is 475 cm³/mol. The number of aliphatic hydroxyl groups is 1. The van der Waals surface area contributed by atoms with Gasteiger partial charge in [-0.25, -0.2) is 4.79 Å². The highest BCUT2D eigenvalue weighted by atomic mass is 16.4. The molecule has 12 amide bonds. The van der Waals surface area contributed by atoms with Gasteiger partial charge < -0.3 is 89.8 Å². The molecule has 700 valence electrons. The van der Waals surface area contributed by atoms with E-state index < -0.39 is 221 Å². The van der Waals surface area contributed by atoms with E-state index in [-0.39, 0.29) is 81.7 Å². The van der Waals surface area contributed by atoms with Crippen molar-refractivity contribution in [1.29, 1.82) is 0 Å². The molecule has 2 unspecified atom stereocenters. The van der Waals surface area contributed by atoms with Crippen LogP contribution < -0.4 is 69.5 Å². The molecule has 1 aliphatic carbocycles. The maximum atomic E-state index is 15.6. The lowest BCUT2D eigenvalue weighted by Gasteiger charge is -2.34. The first-order valence-corrected chi connectivity index (χ1v) is 44.4. The van der Waals surface area contributed by atoms with Gasteiger partial charge in [0.15, 0.2) is 5.78 Å². The van der Waals surface area contributed by atoms with Crippen LogP contribution in [0.15, 0.2) is 97.2 Å². The van der Waals surface area contributed by atoms with Crippen molar-refractivity contribution >= 4 is 117 Å². The van der Waals surface area contributed by atoms with Gasteiger partial charge in [-0.05, 0) is 179 Å². The number of aliphatic hydroxyl groups excluding tert-OH is 1. The van der Waals surface area contributed by atoms with Crippen LogP contribution in [0.3, 0.4) is 0 Å². The molecule has 2 heterocycles. The Balaban J connectivity index is 1.35. The number of aromatic nitrogens is 1. The largest absolute Gasteiger partial charge is 0.481 e. The zero-order valence-corrected chi connectivity index (χ0v) is 75.5. The number of nitrogens with one attached hydrogen (secondary N) is 13. The molecule has 1 aromatic heterocycles. The first-order chi connectivity index (χ1) is 60.4. The molecular formula is C93H132N14O21. The van der Waals surface area contributed by atoms with Gasteiger partial charge in [0.1, 0.15) is 59.2 Å². The van der Waals surface area contributed by atoms with Crippen molar-refractivity contribution in [2.45, 2.75) is 302 Å². The molecule has 16 atom stereocenters. The van der Waals surface area contributed by atoms with Crippen molar-refractivity contribution in [1.82, 2.24) is 68.8 Å². The number of amides is 12. The zero-order chi connectivity index (χ0) is 94.9. The number of carboxylic acid groups (broad SMARTS) is 2. The zero-order valence-electron chi connectivity index (χ0n) is 75.5. The van der Waals surface area contributed by atoms with Gasteiger partial charge in [-0.2, -0.15) is 0 Å². The summed E-state index contributed by atoms with van der Waals surface area (Å²) < 4.78 is 0. The average Bonchev–Trinajstić information content (AvgIpc) is 1.59. The van der Waals surface area contributed by atoms with E-state index in [9.17, 15) is 72.9 Å². The van der Waals surface area contributed by atoms with Crippen LogP contribution in [0.5, 0.6) is 0 Å². The van der Waals surface area contributed by atoms with E-state index in [0.29, 0.717) is 67.2 Å². The van der Waals surface area contributed by atoms with Crippen LogP contribution >= 0.6 is 0 Å². The van der Waals surface area contributed by atoms with E-state index >= 15 is 28.8 Å². The number of allylic oxidation sites excluding steroid dienone is 2. The van der Waals surface area contributed by atoms with E-state index in [0.717, 1.165) is 24.6 Å². The topological polar surface area (TPSA) is 554 Å².